The summed E-state index contributed by atoms with van der Waals surface area (Å²) in [6, 6.07) is 0. The molecular weight excluding hydrogens is 152 g/mol. The van der Waals surface area contributed by atoms with Crippen molar-refractivity contribution in [2.75, 3.05) is 13.1 Å². The van der Waals surface area contributed by atoms with E-state index >= 15 is 0 Å². The van der Waals surface area contributed by atoms with E-state index in [1.807, 2.05) is 0 Å². The third-order valence-electron chi connectivity index (χ3n) is 2.31. The van der Waals surface area contributed by atoms with Gasteiger partial charge in [-0.1, -0.05) is 19.3 Å². The van der Waals surface area contributed by atoms with Crippen LogP contribution in [0, 0.1) is 0 Å². The summed E-state index contributed by atoms with van der Waals surface area (Å²) in [5.74, 6) is 5.60. The van der Waals surface area contributed by atoms with Crippen molar-refractivity contribution >= 4 is 5.96 Å². The molecule has 1 rings (SSSR count). The number of rotatable bonds is 0. The molecule has 4 N–H and O–H groups in total. The highest BCUT2D eigenvalue weighted by atomic mass is 15.3. The highest BCUT2D eigenvalue weighted by molar-refractivity contribution is 5.77. The van der Waals surface area contributed by atoms with Gasteiger partial charge in [-0.25, -0.2) is 0 Å². The van der Waals surface area contributed by atoms with Crippen LogP contribution >= 0.6 is 0 Å². The number of hydrogen-bond acceptors (Lipinski definition) is 2. The van der Waals surface area contributed by atoms with Crippen LogP contribution in [0.2, 0.25) is 0 Å². The van der Waals surface area contributed by atoms with Gasteiger partial charge >= 0.3 is 0 Å². The van der Waals surface area contributed by atoms with Crippen molar-refractivity contribution in [2.45, 2.75) is 32.1 Å². The zero-order valence-electron chi connectivity index (χ0n) is 7.50. The smallest absolute Gasteiger partial charge is 0.213 e. The Labute approximate surface area is 73.6 Å². The molecule has 0 aliphatic carbocycles. The van der Waals surface area contributed by atoms with E-state index in [-0.39, 0.29) is 0 Å². The van der Waals surface area contributed by atoms with Crippen molar-refractivity contribution in [2.24, 2.45) is 16.7 Å². The molecule has 0 radical (unpaired) electrons. The molecule has 0 aromatic carbocycles. The quantitative estimate of drug-likeness (QED) is 0.240. The van der Waals surface area contributed by atoms with Crippen molar-refractivity contribution in [3.05, 3.63) is 0 Å². The van der Waals surface area contributed by atoms with Gasteiger partial charge in [-0.2, -0.15) is 0 Å². The average molecular weight is 170 g/mol. The number of hydrazone groups is 1. The van der Waals surface area contributed by atoms with Gasteiger partial charge in [-0.3, -0.25) is 0 Å². The number of nitrogens with zero attached hydrogens (tertiary/aromatic N) is 2. The van der Waals surface area contributed by atoms with E-state index in [0.717, 1.165) is 13.1 Å². The van der Waals surface area contributed by atoms with Crippen molar-refractivity contribution in [1.82, 2.24) is 4.90 Å². The molecule has 0 unspecified atom stereocenters. The van der Waals surface area contributed by atoms with Gasteiger partial charge in [-0.15, -0.1) is 5.10 Å². The molecule has 0 bridgehead atoms. The molecule has 0 atom stereocenters. The standard InChI is InChI=1S/C8H18N4/c9-8(11-10)12-6-4-2-1-3-5-7-12/h1-7,10H2,(H2,9,11). The fourth-order valence-corrected chi connectivity index (χ4v) is 1.56. The summed E-state index contributed by atoms with van der Waals surface area (Å²) in [5, 5.41) is 3.50. The van der Waals surface area contributed by atoms with Crippen molar-refractivity contribution in [3.63, 3.8) is 0 Å². The summed E-state index contributed by atoms with van der Waals surface area (Å²) in [6.45, 7) is 2.01. The predicted molar refractivity (Wildman–Crippen MR) is 50.5 cm³/mol. The fourth-order valence-electron chi connectivity index (χ4n) is 1.56. The minimum Gasteiger partial charge on any atom is -0.368 e. The summed E-state index contributed by atoms with van der Waals surface area (Å²) in [7, 11) is 0. The Bertz CT molecular complexity index is 147. The number of guanidine groups is 1. The van der Waals surface area contributed by atoms with Gasteiger partial charge in [0, 0.05) is 13.1 Å². The van der Waals surface area contributed by atoms with E-state index in [9.17, 15) is 0 Å². The predicted octanol–water partition coefficient (Wildman–Crippen LogP) is 0.441. The molecule has 0 aromatic heterocycles. The zero-order valence-corrected chi connectivity index (χ0v) is 7.50. The molecule has 1 saturated heterocycles. The van der Waals surface area contributed by atoms with Crippen molar-refractivity contribution < 1.29 is 0 Å². The SMILES string of the molecule is NN=C(N)N1CCCCCCC1. The Kier molecular flexibility index (Phi) is 3.70. The van der Waals surface area contributed by atoms with Crippen LogP contribution in [0.25, 0.3) is 0 Å². The molecule has 0 spiro atoms. The molecule has 0 saturated carbocycles. The van der Waals surface area contributed by atoms with Gasteiger partial charge < -0.3 is 16.5 Å². The third kappa shape index (κ3) is 2.60. The van der Waals surface area contributed by atoms with E-state index in [0.29, 0.717) is 5.96 Å². The summed E-state index contributed by atoms with van der Waals surface area (Å²) >= 11 is 0. The minimum absolute atomic E-state index is 0.483. The first-order chi connectivity index (χ1) is 5.84. The second kappa shape index (κ2) is 4.85. The Morgan fingerprint density at radius 3 is 2.00 bits per heavy atom. The first-order valence-corrected chi connectivity index (χ1v) is 4.63. The topological polar surface area (TPSA) is 67.6 Å². The summed E-state index contributed by atoms with van der Waals surface area (Å²) in [4.78, 5) is 2.07. The highest BCUT2D eigenvalue weighted by Crippen LogP contribution is 2.09. The Balaban J connectivity index is 2.39. The number of hydrogen-bond donors (Lipinski definition) is 2. The zero-order chi connectivity index (χ0) is 8.81. The average Bonchev–Trinajstić information content (AvgIpc) is 2.02. The van der Waals surface area contributed by atoms with Crippen LogP contribution in [0.5, 0.6) is 0 Å². The molecule has 70 valence electrons. The molecule has 1 heterocycles. The molecule has 12 heavy (non-hydrogen) atoms. The molecule has 1 aliphatic rings. The maximum atomic E-state index is 5.62. The lowest BCUT2D eigenvalue weighted by molar-refractivity contribution is 0.358. The normalized spacial score (nSPS) is 21.7. The lowest BCUT2D eigenvalue weighted by Crippen LogP contribution is -2.40. The second-order valence-electron chi connectivity index (χ2n) is 3.24. The summed E-state index contributed by atoms with van der Waals surface area (Å²) in [5.41, 5.74) is 5.62. The van der Waals surface area contributed by atoms with E-state index in [2.05, 4.69) is 10.0 Å². The maximum absolute atomic E-state index is 5.62. The summed E-state index contributed by atoms with van der Waals surface area (Å²) < 4.78 is 0. The van der Waals surface area contributed by atoms with Crippen LogP contribution in [0.3, 0.4) is 0 Å². The monoisotopic (exact) mass is 170 g/mol. The van der Waals surface area contributed by atoms with Gasteiger partial charge in [0.25, 0.3) is 0 Å². The van der Waals surface area contributed by atoms with Crippen LogP contribution in [-0.4, -0.2) is 23.9 Å². The Morgan fingerprint density at radius 1 is 1.00 bits per heavy atom. The maximum Gasteiger partial charge on any atom is 0.213 e. The van der Waals surface area contributed by atoms with E-state index in [4.69, 9.17) is 11.6 Å². The van der Waals surface area contributed by atoms with Gasteiger partial charge in [0.1, 0.15) is 0 Å². The molecule has 0 aromatic rings. The van der Waals surface area contributed by atoms with E-state index in [1.165, 1.54) is 32.1 Å². The first kappa shape index (κ1) is 9.16. The lowest BCUT2D eigenvalue weighted by atomic mass is 10.1. The lowest BCUT2D eigenvalue weighted by Gasteiger charge is -2.24. The first-order valence-electron chi connectivity index (χ1n) is 4.63. The van der Waals surface area contributed by atoms with Crippen LogP contribution in [0.15, 0.2) is 5.10 Å². The van der Waals surface area contributed by atoms with Crippen LogP contribution < -0.4 is 11.6 Å². The van der Waals surface area contributed by atoms with E-state index in [1.54, 1.807) is 0 Å². The van der Waals surface area contributed by atoms with Crippen LogP contribution in [0.4, 0.5) is 0 Å². The molecule has 4 nitrogen and oxygen atoms in total. The van der Waals surface area contributed by atoms with E-state index < -0.39 is 0 Å². The number of likely N-dealkylation sites (tertiary alicyclic amines) is 1. The Hall–Kier alpha value is -0.930. The van der Waals surface area contributed by atoms with Gasteiger partial charge in [-0.05, 0) is 12.8 Å². The van der Waals surface area contributed by atoms with Gasteiger partial charge in [0.2, 0.25) is 5.96 Å². The molecular formula is C8H18N4. The Morgan fingerprint density at radius 2 is 1.50 bits per heavy atom. The molecule has 1 aliphatic heterocycles. The van der Waals surface area contributed by atoms with Crippen molar-refractivity contribution in [3.8, 4) is 0 Å². The second-order valence-corrected chi connectivity index (χ2v) is 3.24. The van der Waals surface area contributed by atoms with Crippen molar-refractivity contribution in [1.29, 1.82) is 0 Å². The van der Waals surface area contributed by atoms with Gasteiger partial charge in [0.15, 0.2) is 0 Å². The van der Waals surface area contributed by atoms with Crippen LogP contribution in [-0.2, 0) is 0 Å². The molecule has 0 amide bonds. The minimum atomic E-state index is 0.483. The largest absolute Gasteiger partial charge is 0.368 e. The molecule has 1 fully saturated rings. The molecule has 4 heteroatoms. The highest BCUT2D eigenvalue weighted by Gasteiger charge is 2.09. The third-order valence-corrected chi connectivity index (χ3v) is 2.31. The summed E-state index contributed by atoms with van der Waals surface area (Å²) in [6.07, 6.45) is 6.36. The van der Waals surface area contributed by atoms with Crippen LogP contribution in [0.1, 0.15) is 32.1 Å². The van der Waals surface area contributed by atoms with Gasteiger partial charge in [0.05, 0.1) is 0 Å². The fraction of sp³-hybridized carbons (Fsp3) is 0.875. The number of nitrogens with two attached hydrogens (primary N) is 2.